The van der Waals surface area contributed by atoms with Gasteiger partial charge in [0, 0.05) is 49.7 Å². The van der Waals surface area contributed by atoms with Crippen LogP contribution in [-0.2, 0) is 0 Å². The molecule has 0 aliphatic carbocycles. The van der Waals surface area contributed by atoms with Crippen molar-refractivity contribution in [3.63, 3.8) is 0 Å². The number of allylic oxidation sites excluding steroid dienone is 3. The summed E-state index contributed by atoms with van der Waals surface area (Å²) >= 11 is 0. The number of hydrogen-bond acceptors (Lipinski definition) is 4. The summed E-state index contributed by atoms with van der Waals surface area (Å²) in [4.78, 5) is 4.64. The van der Waals surface area contributed by atoms with Crippen LogP contribution in [0.15, 0.2) is 84.8 Å². The van der Waals surface area contributed by atoms with Crippen LogP contribution in [0.4, 0.5) is 24.5 Å². The molecule has 1 heterocycles. The number of anilines is 2. The minimum Gasteiger partial charge on any atom is -0.393 e. The van der Waals surface area contributed by atoms with Gasteiger partial charge >= 0.3 is 6.18 Å². The van der Waals surface area contributed by atoms with Gasteiger partial charge < -0.3 is 15.5 Å². The van der Waals surface area contributed by atoms with E-state index in [0.717, 1.165) is 47.6 Å². The van der Waals surface area contributed by atoms with Gasteiger partial charge in [-0.1, -0.05) is 49.1 Å². The normalized spacial score (nSPS) is 19.3. The number of alkyl halides is 3. The summed E-state index contributed by atoms with van der Waals surface area (Å²) in [6.45, 7) is 17.6. The topological polar surface area (TPSA) is 30.5 Å². The van der Waals surface area contributed by atoms with Gasteiger partial charge in [0.05, 0.1) is 16.9 Å². The number of nitrogens with zero attached hydrogens (tertiary/aromatic N) is 2. The Balaban J connectivity index is 2.11. The Kier molecular flexibility index (Phi) is 9.15. The molecule has 2 atom stereocenters. The van der Waals surface area contributed by atoms with E-state index >= 15 is 0 Å². The summed E-state index contributed by atoms with van der Waals surface area (Å²) in [6, 6.07) is 13.1. The first-order chi connectivity index (χ1) is 17.9. The largest absolute Gasteiger partial charge is 0.417 e. The second-order valence-electron chi connectivity index (χ2n) is 10.1. The smallest absolute Gasteiger partial charge is 0.393 e. The van der Waals surface area contributed by atoms with Crippen LogP contribution < -0.4 is 15.5 Å². The summed E-state index contributed by atoms with van der Waals surface area (Å²) in [5.41, 5.74) is 5.22. The average molecular weight is 525 g/mol. The Bertz CT molecular complexity index is 1230. The fourth-order valence-electron chi connectivity index (χ4n) is 4.97. The Morgan fingerprint density at radius 1 is 1.05 bits per heavy atom. The highest BCUT2D eigenvalue weighted by Crippen LogP contribution is 2.38. The summed E-state index contributed by atoms with van der Waals surface area (Å²) in [5.74, 6) is 0. The predicted molar refractivity (Wildman–Crippen MR) is 154 cm³/mol. The molecule has 0 aromatic heterocycles. The number of benzene rings is 2. The van der Waals surface area contributed by atoms with Gasteiger partial charge in [0.25, 0.3) is 0 Å². The highest BCUT2D eigenvalue weighted by Gasteiger charge is 2.36. The molecule has 0 amide bonds. The van der Waals surface area contributed by atoms with Gasteiger partial charge in [0.2, 0.25) is 0 Å². The molecule has 0 bridgehead atoms. The summed E-state index contributed by atoms with van der Waals surface area (Å²) < 4.78 is 41.9. The number of halogens is 3. The van der Waals surface area contributed by atoms with Crippen molar-refractivity contribution < 1.29 is 13.2 Å². The van der Waals surface area contributed by atoms with Gasteiger partial charge in [-0.2, -0.15) is 13.2 Å². The molecular weight excluding hydrogens is 485 g/mol. The van der Waals surface area contributed by atoms with Crippen molar-refractivity contribution in [1.29, 1.82) is 0 Å². The second kappa shape index (κ2) is 11.9. The third-order valence-electron chi connectivity index (χ3n) is 7.17. The van der Waals surface area contributed by atoms with Crippen molar-refractivity contribution in [2.75, 3.05) is 37.4 Å². The SMILES string of the molecule is C=C/C=C(\C(=C/NC)C(=C)Nc1cc(-c2ccc(C)cc2C)ccc1N1CC(C)N(C)C(C)C1)C(F)(F)F. The maximum Gasteiger partial charge on any atom is 0.417 e. The standard InChI is InChI=1S/C31H39F3N4/c1-9-10-28(31(32,33)34)27(17-35-7)24(6)36-29-16-25(26-13-11-20(2)15-21(26)3)12-14-30(29)38-18-22(4)37(8)23(5)19-38/h9-17,22-23,35-36H,1,6,18-19H2,2-5,7-8H3/b27-17-,28-10+. The van der Waals surface area contributed by atoms with Gasteiger partial charge in [-0.05, 0) is 69.6 Å². The lowest BCUT2D eigenvalue weighted by Gasteiger charge is -2.44. The molecule has 1 saturated heterocycles. The van der Waals surface area contributed by atoms with Crippen molar-refractivity contribution >= 4 is 11.4 Å². The van der Waals surface area contributed by atoms with Crippen molar-refractivity contribution in [1.82, 2.24) is 10.2 Å². The molecule has 2 aromatic rings. The van der Waals surface area contributed by atoms with E-state index in [-0.39, 0.29) is 11.3 Å². The molecule has 204 valence electrons. The van der Waals surface area contributed by atoms with Crippen molar-refractivity contribution in [3.05, 3.63) is 95.9 Å². The first kappa shape index (κ1) is 29.1. The molecule has 2 unspecified atom stereocenters. The van der Waals surface area contributed by atoms with Gasteiger partial charge in [-0.25, -0.2) is 0 Å². The maximum atomic E-state index is 14.0. The van der Waals surface area contributed by atoms with Crippen LogP contribution in [0.3, 0.4) is 0 Å². The van der Waals surface area contributed by atoms with E-state index in [2.05, 4.69) is 98.7 Å². The number of nitrogens with one attached hydrogen (secondary N) is 2. The predicted octanol–water partition coefficient (Wildman–Crippen LogP) is 7.20. The van der Waals surface area contributed by atoms with Crippen LogP contribution in [0, 0.1) is 13.8 Å². The maximum absolute atomic E-state index is 14.0. The van der Waals surface area contributed by atoms with Crippen LogP contribution in [0.2, 0.25) is 0 Å². The second-order valence-corrected chi connectivity index (χ2v) is 10.1. The molecular formula is C31H39F3N4. The molecule has 0 spiro atoms. The van der Waals surface area contributed by atoms with E-state index in [9.17, 15) is 13.2 Å². The van der Waals surface area contributed by atoms with Gasteiger partial charge in [0.1, 0.15) is 0 Å². The monoisotopic (exact) mass is 524 g/mol. The first-order valence-corrected chi connectivity index (χ1v) is 12.8. The van der Waals surface area contributed by atoms with Crippen LogP contribution in [0.25, 0.3) is 11.1 Å². The molecule has 38 heavy (non-hydrogen) atoms. The van der Waals surface area contributed by atoms with Crippen LogP contribution in [-0.4, -0.2) is 50.3 Å². The van der Waals surface area contributed by atoms with Crippen LogP contribution in [0.5, 0.6) is 0 Å². The minimum absolute atomic E-state index is 0.0807. The van der Waals surface area contributed by atoms with E-state index in [0.29, 0.717) is 17.8 Å². The number of likely N-dealkylation sites (N-methyl/N-ethyl adjacent to an activating group) is 1. The quantitative estimate of drug-likeness (QED) is 0.358. The molecule has 2 aromatic carbocycles. The molecule has 0 radical (unpaired) electrons. The molecule has 3 rings (SSSR count). The van der Waals surface area contributed by atoms with Crippen molar-refractivity contribution in [2.45, 2.75) is 46.0 Å². The number of hydrogen-bond donors (Lipinski definition) is 2. The third kappa shape index (κ3) is 6.51. The fourth-order valence-corrected chi connectivity index (χ4v) is 4.97. The highest BCUT2D eigenvalue weighted by atomic mass is 19.4. The highest BCUT2D eigenvalue weighted by molar-refractivity contribution is 5.81. The third-order valence-corrected chi connectivity index (χ3v) is 7.17. The Hall–Kier alpha value is -3.45. The van der Waals surface area contributed by atoms with Crippen LogP contribution >= 0.6 is 0 Å². The number of aryl methyl sites for hydroxylation is 2. The summed E-state index contributed by atoms with van der Waals surface area (Å²) in [7, 11) is 3.69. The molecule has 2 N–H and O–H groups in total. The first-order valence-electron chi connectivity index (χ1n) is 12.8. The number of piperazine rings is 1. The van der Waals surface area contributed by atoms with E-state index in [1.54, 1.807) is 7.05 Å². The molecule has 1 aliphatic heterocycles. The zero-order chi connectivity index (χ0) is 28.2. The van der Waals surface area contributed by atoms with E-state index in [4.69, 9.17) is 0 Å². The Morgan fingerprint density at radius 3 is 2.26 bits per heavy atom. The summed E-state index contributed by atoms with van der Waals surface area (Å²) in [5, 5.41) is 5.99. The van der Waals surface area contributed by atoms with E-state index in [1.165, 1.54) is 11.8 Å². The lowest BCUT2D eigenvalue weighted by molar-refractivity contribution is -0.0891. The Morgan fingerprint density at radius 2 is 1.71 bits per heavy atom. The van der Waals surface area contributed by atoms with Gasteiger partial charge in [0.15, 0.2) is 0 Å². The van der Waals surface area contributed by atoms with Gasteiger partial charge in [-0.15, -0.1) is 0 Å². The Labute approximate surface area is 225 Å². The minimum atomic E-state index is -4.58. The summed E-state index contributed by atoms with van der Waals surface area (Å²) in [6.07, 6.45) is -1.16. The van der Waals surface area contributed by atoms with E-state index < -0.39 is 11.7 Å². The molecule has 7 heteroatoms. The zero-order valence-corrected chi connectivity index (χ0v) is 23.2. The lowest BCUT2D eigenvalue weighted by atomic mass is 9.97. The molecule has 4 nitrogen and oxygen atoms in total. The molecule has 1 fully saturated rings. The van der Waals surface area contributed by atoms with Crippen LogP contribution in [0.1, 0.15) is 25.0 Å². The zero-order valence-electron chi connectivity index (χ0n) is 23.2. The lowest BCUT2D eigenvalue weighted by Crippen LogP contribution is -2.55. The average Bonchev–Trinajstić information content (AvgIpc) is 2.83. The fraction of sp³-hybridized carbons (Fsp3) is 0.355. The van der Waals surface area contributed by atoms with Crippen molar-refractivity contribution in [3.8, 4) is 11.1 Å². The molecule has 1 aliphatic rings. The van der Waals surface area contributed by atoms with Gasteiger partial charge in [-0.3, -0.25) is 4.90 Å². The number of rotatable bonds is 8. The molecule has 0 saturated carbocycles. The van der Waals surface area contributed by atoms with Crippen molar-refractivity contribution in [2.24, 2.45) is 0 Å². The van der Waals surface area contributed by atoms with E-state index in [1.807, 2.05) is 6.07 Å².